The van der Waals surface area contributed by atoms with Crippen LogP contribution in [0.4, 0.5) is 0 Å². The van der Waals surface area contributed by atoms with E-state index in [2.05, 4.69) is 50.3 Å². The van der Waals surface area contributed by atoms with Crippen molar-refractivity contribution >= 4 is 11.0 Å². The lowest BCUT2D eigenvalue weighted by molar-refractivity contribution is 0.554. The number of nitrogens with zero attached hydrogens (tertiary/aromatic N) is 4. The summed E-state index contributed by atoms with van der Waals surface area (Å²) >= 11 is 0. The van der Waals surface area contributed by atoms with E-state index in [9.17, 15) is 0 Å². The molecule has 0 saturated heterocycles. The summed E-state index contributed by atoms with van der Waals surface area (Å²) in [5.74, 6) is 0.582. The average molecular weight is 421 g/mol. The molecule has 0 aliphatic carbocycles. The van der Waals surface area contributed by atoms with Crippen LogP contribution < -0.4 is 5.73 Å². The lowest BCUT2D eigenvalue weighted by Gasteiger charge is -2.19. The van der Waals surface area contributed by atoms with Crippen LogP contribution in [0.2, 0.25) is 0 Å². The first-order valence-electron chi connectivity index (χ1n) is 10.5. The summed E-state index contributed by atoms with van der Waals surface area (Å²) in [6.45, 7) is 5.96. The monoisotopic (exact) mass is 420 g/mol. The largest absolute Gasteiger partial charge is 0.346 e. The highest BCUT2D eigenvalue weighted by Gasteiger charge is 2.16. The van der Waals surface area contributed by atoms with Crippen molar-refractivity contribution in [2.45, 2.75) is 26.3 Å². The number of H-pyrrole nitrogens is 1. The first-order chi connectivity index (χ1) is 15.4. The molecule has 4 aromatic heterocycles. The van der Waals surface area contributed by atoms with Crippen LogP contribution in [-0.2, 0) is 5.54 Å². The van der Waals surface area contributed by atoms with Gasteiger partial charge in [-0.05, 0) is 56.2 Å². The Labute approximate surface area is 186 Å². The van der Waals surface area contributed by atoms with E-state index < -0.39 is 0 Å². The van der Waals surface area contributed by atoms with E-state index in [1.165, 1.54) is 0 Å². The molecule has 5 rings (SSSR count). The van der Waals surface area contributed by atoms with Gasteiger partial charge in [0.15, 0.2) is 5.82 Å². The Morgan fingerprint density at radius 2 is 1.62 bits per heavy atom. The Hall–Kier alpha value is -3.90. The Balaban J connectivity index is 1.61. The number of benzene rings is 1. The van der Waals surface area contributed by atoms with E-state index in [1.54, 1.807) is 0 Å². The van der Waals surface area contributed by atoms with E-state index in [0.29, 0.717) is 5.82 Å². The maximum absolute atomic E-state index is 6.23. The lowest BCUT2D eigenvalue weighted by Crippen LogP contribution is -2.28. The van der Waals surface area contributed by atoms with Crippen LogP contribution in [0, 0.1) is 6.92 Å². The highest BCUT2D eigenvalue weighted by molar-refractivity contribution is 5.92. The number of aryl methyl sites for hydroxylation is 1. The molecule has 0 aliphatic rings. The number of pyridine rings is 2. The first kappa shape index (κ1) is 20.0. The van der Waals surface area contributed by atoms with Crippen molar-refractivity contribution in [1.29, 1.82) is 0 Å². The highest BCUT2D eigenvalue weighted by Crippen LogP contribution is 2.31. The van der Waals surface area contributed by atoms with Crippen LogP contribution >= 0.6 is 0 Å². The van der Waals surface area contributed by atoms with Gasteiger partial charge in [0.05, 0.1) is 5.69 Å². The number of rotatable bonds is 4. The quantitative estimate of drug-likeness (QED) is 0.414. The zero-order valence-electron chi connectivity index (χ0n) is 18.3. The molecule has 1 aromatic carbocycles. The fourth-order valence-electron chi connectivity index (χ4n) is 3.76. The summed E-state index contributed by atoms with van der Waals surface area (Å²) in [6.07, 6.45) is 5.58. The predicted octanol–water partition coefficient (Wildman–Crippen LogP) is 5.25. The fraction of sp³-hybridized carbons (Fsp3) is 0.154. The number of nitrogens with two attached hydrogens (primary N) is 1. The van der Waals surface area contributed by atoms with E-state index in [0.717, 1.165) is 50.4 Å². The van der Waals surface area contributed by atoms with Gasteiger partial charge in [-0.25, -0.2) is 15.0 Å². The number of nitrogens with one attached hydrogen (secondary N) is 1. The number of fused-ring (bicyclic) bond motifs is 1. The van der Waals surface area contributed by atoms with Gasteiger partial charge >= 0.3 is 0 Å². The van der Waals surface area contributed by atoms with E-state index in [4.69, 9.17) is 10.7 Å². The average Bonchev–Trinajstić information content (AvgIpc) is 3.27. The van der Waals surface area contributed by atoms with Gasteiger partial charge in [-0.1, -0.05) is 30.3 Å². The molecule has 0 fully saturated rings. The van der Waals surface area contributed by atoms with Crippen LogP contribution in [0.15, 0.2) is 73.2 Å². The number of hydrogen-bond acceptors (Lipinski definition) is 5. The molecule has 0 unspecified atom stereocenters. The summed E-state index contributed by atoms with van der Waals surface area (Å²) in [5.41, 5.74) is 13.2. The molecule has 0 aliphatic heterocycles. The van der Waals surface area contributed by atoms with Gasteiger partial charge in [-0.3, -0.25) is 4.98 Å². The standard InChI is InChI=1S/C26H24N6/c1-16-5-4-6-22(30-16)25-31-23(21-11-12-29-24(21)32-25)19-13-18(14-28-15-19)17-7-9-20(10-8-17)26(2,3)27/h4-15H,27H2,1-3H3,(H,29,31,32). The maximum Gasteiger partial charge on any atom is 0.180 e. The predicted molar refractivity (Wildman–Crippen MR) is 128 cm³/mol. The van der Waals surface area contributed by atoms with Crippen molar-refractivity contribution in [2.75, 3.05) is 0 Å². The summed E-state index contributed by atoms with van der Waals surface area (Å²) < 4.78 is 0. The summed E-state index contributed by atoms with van der Waals surface area (Å²) in [6, 6.07) is 18.3. The van der Waals surface area contributed by atoms with Gasteiger partial charge in [-0.2, -0.15) is 0 Å². The summed E-state index contributed by atoms with van der Waals surface area (Å²) in [4.78, 5) is 21.9. The van der Waals surface area contributed by atoms with Crippen LogP contribution in [0.5, 0.6) is 0 Å². The van der Waals surface area contributed by atoms with Crippen molar-refractivity contribution < 1.29 is 0 Å². The fourth-order valence-corrected chi connectivity index (χ4v) is 3.76. The number of aromatic amines is 1. The molecule has 0 amide bonds. The topological polar surface area (TPSA) is 93.4 Å². The third-order valence-electron chi connectivity index (χ3n) is 5.51. The minimum atomic E-state index is -0.375. The van der Waals surface area contributed by atoms with E-state index >= 15 is 0 Å². The normalized spacial score (nSPS) is 11.8. The van der Waals surface area contributed by atoms with Gasteiger partial charge in [0.25, 0.3) is 0 Å². The van der Waals surface area contributed by atoms with Crippen molar-refractivity contribution in [2.24, 2.45) is 5.73 Å². The summed E-state index contributed by atoms with van der Waals surface area (Å²) in [7, 11) is 0. The molecule has 4 heterocycles. The van der Waals surface area contributed by atoms with Crippen molar-refractivity contribution in [3.05, 3.63) is 84.4 Å². The molecule has 0 bridgehead atoms. The van der Waals surface area contributed by atoms with E-state index in [-0.39, 0.29) is 5.54 Å². The molecule has 0 spiro atoms. The Bertz CT molecular complexity index is 1410. The van der Waals surface area contributed by atoms with Gasteiger partial charge in [-0.15, -0.1) is 0 Å². The second-order valence-corrected chi connectivity index (χ2v) is 8.56. The third kappa shape index (κ3) is 3.76. The lowest BCUT2D eigenvalue weighted by atomic mass is 9.93. The Morgan fingerprint density at radius 1 is 0.844 bits per heavy atom. The third-order valence-corrected chi connectivity index (χ3v) is 5.51. The molecule has 5 aromatic rings. The highest BCUT2D eigenvalue weighted by atomic mass is 15.0. The molecule has 6 nitrogen and oxygen atoms in total. The van der Waals surface area contributed by atoms with Crippen LogP contribution in [0.25, 0.3) is 44.9 Å². The van der Waals surface area contributed by atoms with Gasteiger partial charge in [0.2, 0.25) is 0 Å². The zero-order chi connectivity index (χ0) is 22.3. The minimum Gasteiger partial charge on any atom is -0.346 e. The minimum absolute atomic E-state index is 0.375. The molecule has 6 heteroatoms. The molecule has 0 saturated carbocycles. The Kier molecular flexibility index (Phi) is 4.79. The van der Waals surface area contributed by atoms with Crippen LogP contribution in [0.1, 0.15) is 25.1 Å². The second-order valence-electron chi connectivity index (χ2n) is 8.56. The maximum atomic E-state index is 6.23. The molecule has 0 radical (unpaired) electrons. The van der Waals surface area contributed by atoms with Crippen LogP contribution in [-0.4, -0.2) is 24.9 Å². The van der Waals surface area contributed by atoms with Crippen molar-refractivity contribution in [1.82, 2.24) is 24.9 Å². The molecule has 3 N–H and O–H groups in total. The van der Waals surface area contributed by atoms with Crippen molar-refractivity contribution in [3.8, 4) is 33.9 Å². The molecule has 32 heavy (non-hydrogen) atoms. The number of hydrogen-bond donors (Lipinski definition) is 2. The van der Waals surface area contributed by atoms with Gasteiger partial charge in [0, 0.05) is 46.3 Å². The summed E-state index contributed by atoms with van der Waals surface area (Å²) in [5, 5.41) is 0.945. The van der Waals surface area contributed by atoms with Crippen molar-refractivity contribution in [3.63, 3.8) is 0 Å². The molecular weight excluding hydrogens is 396 g/mol. The second kappa shape index (κ2) is 7.66. The van der Waals surface area contributed by atoms with Crippen LogP contribution in [0.3, 0.4) is 0 Å². The Morgan fingerprint density at radius 3 is 2.38 bits per heavy atom. The van der Waals surface area contributed by atoms with Gasteiger partial charge < -0.3 is 10.7 Å². The molecule has 158 valence electrons. The zero-order valence-corrected chi connectivity index (χ0v) is 18.3. The van der Waals surface area contributed by atoms with Gasteiger partial charge in [0.1, 0.15) is 11.3 Å². The van der Waals surface area contributed by atoms with E-state index in [1.807, 2.05) is 63.6 Å². The molecular formula is C26H24N6. The number of aromatic nitrogens is 5. The molecule has 0 atom stereocenters. The smallest absolute Gasteiger partial charge is 0.180 e. The first-order valence-corrected chi connectivity index (χ1v) is 10.5. The SMILES string of the molecule is Cc1cccc(-c2nc(-c3cncc(-c4ccc(C(C)(C)N)cc4)c3)c3cc[nH]c3n2)n1.